The Morgan fingerprint density at radius 2 is 1.61 bits per heavy atom. The first kappa shape index (κ1) is 16.5. The predicted molar refractivity (Wildman–Crippen MR) is 110 cm³/mol. The molecule has 0 bridgehead atoms. The fraction of sp³-hybridized carbons (Fsp3) is 0.120. The van der Waals surface area contributed by atoms with E-state index in [9.17, 15) is 0 Å². The van der Waals surface area contributed by atoms with Crippen LogP contribution in [0.5, 0.6) is 0 Å². The van der Waals surface area contributed by atoms with Gasteiger partial charge in [-0.1, -0.05) is 60.4 Å². The van der Waals surface area contributed by atoms with Crippen molar-refractivity contribution in [1.82, 2.24) is 14.8 Å². The van der Waals surface area contributed by atoms with Gasteiger partial charge in [0.2, 0.25) is 0 Å². The monoisotopic (exact) mass is 361 g/mol. The number of pyridine rings is 1. The number of hydrogen-bond acceptors (Lipinski definition) is 2. The fourth-order valence-electron chi connectivity index (χ4n) is 3.77. The Hall–Kier alpha value is -3.64. The quantitative estimate of drug-likeness (QED) is 0.483. The lowest BCUT2D eigenvalue weighted by molar-refractivity contribution is 0.725. The van der Waals surface area contributed by atoms with Crippen LogP contribution < -0.4 is 0 Å². The molecule has 4 aromatic rings. The summed E-state index contributed by atoms with van der Waals surface area (Å²) in [7, 11) is 0. The summed E-state index contributed by atoms with van der Waals surface area (Å²) in [5, 5.41) is 4.91. The molecule has 3 nitrogen and oxygen atoms in total. The maximum absolute atomic E-state index is 4.91. The molecule has 0 radical (unpaired) electrons. The Balaban J connectivity index is 1.45. The van der Waals surface area contributed by atoms with Gasteiger partial charge >= 0.3 is 0 Å². The maximum Gasteiger partial charge on any atom is 0.0841 e. The van der Waals surface area contributed by atoms with Gasteiger partial charge in [0.05, 0.1) is 17.6 Å². The van der Waals surface area contributed by atoms with Gasteiger partial charge in [0.25, 0.3) is 0 Å². The molecule has 2 heterocycles. The number of aryl methyl sites for hydroxylation is 1. The highest BCUT2D eigenvalue weighted by atomic mass is 15.3. The molecule has 0 saturated heterocycles. The second-order valence-electron chi connectivity index (χ2n) is 7.03. The summed E-state index contributed by atoms with van der Waals surface area (Å²) in [6, 6.07) is 22.7. The summed E-state index contributed by atoms with van der Waals surface area (Å²) in [6.07, 6.45) is 7.97. The minimum atomic E-state index is 0.381. The summed E-state index contributed by atoms with van der Waals surface area (Å²) in [6.45, 7) is 0. The highest BCUT2D eigenvalue weighted by molar-refractivity contribution is 5.46. The van der Waals surface area contributed by atoms with E-state index in [-0.39, 0.29) is 0 Å². The third-order valence-electron chi connectivity index (χ3n) is 5.17. The average molecular weight is 361 g/mol. The van der Waals surface area contributed by atoms with Crippen LogP contribution in [0, 0.1) is 11.8 Å². The van der Waals surface area contributed by atoms with Crippen LogP contribution >= 0.6 is 0 Å². The molecule has 1 atom stereocenters. The van der Waals surface area contributed by atoms with Gasteiger partial charge in [-0.15, -0.1) is 0 Å². The first-order valence-corrected chi connectivity index (χ1v) is 9.53. The molecule has 5 rings (SSSR count). The van der Waals surface area contributed by atoms with Crippen LogP contribution in [0.2, 0.25) is 0 Å². The topological polar surface area (TPSA) is 30.7 Å². The number of aromatic nitrogens is 3. The third kappa shape index (κ3) is 3.21. The molecule has 2 aromatic carbocycles. The molecule has 0 N–H and O–H groups in total. The Labute approximate surface area is 164 Å². The van der Waals surface area contributed by atoms with Crippen LogP contribution in [0.3, 0.4) is 0 Å². The van der Waals surface area contributed by atoms with Gasteiger partial charge < -0.3 is 0 Å². The second-order valence-corrected chi connectivity index (χ2v) is 7.03. The van der Waals surface area contributed by atoms with Gasteiger partial charge in [-0.05, 0) is 42.2 Å². The van der Waals surface area contributed by atoms with Crippen molar-refractivity contribution in [2.45, 2.75) is 18.8 Å². The normalized spacial score (nSPS) is 14.9. The van der Waals surface area contributed by atoms with E-state index >= 15 is 0 Å². The van der Waals surface area contributed by atoms with E-state index in [1.165, 1.54) is 16.8 Å². The molecule has 0 aliphatic heterocycles. The molecule has 28 heavy (non-hydrogen) atoms. The minimum absolute atomic E-state index is 0.381. The van der Waals surface area contributed by atoms with Gasteiger partial charge in [-0.25, -0.2) is 4.68 Å². The summed E-state index contributed by atoms with van der Waals surface area (Å²) in [5.41, 5.74) is 6.68. The number of benzene rings is 2. The zero-order valence-corrected chi connectivity index (χ0v) is 15.4. The number of nitrogens with zero attached hydrogens (tertiary/aromatic N) is 3. The van der Waals surface area contributed by atoms with E-state index in [1.54, 1.807) is 6.20 Å². The smallest absolute Gasteiger partial charge is 0.0841 e. The standard InChI is InChI=1S/C25H19N3/c1-3-7-19(8-4-1)11-12-20-15-23(17-26-16-20)28-18-22-13-14-24(25(22)27-28)21-9-5-2-6-10-21/h1-10,15-18,24H,13-14H2. The van der Waals surface area contributed by atoms with E-state index in [4.69, 9.17) is 5.10 Å². The van der Waals surface area contributed by atoms with Crippen LogP contribution in [0.4, 0.5) is 0 Å². The third-order valence-corrected chi connectivity index (χ3v) is 5.17. The minimum Gasteiger partial charge on any atom is -0.261 e. The van der Waals surface area contributed by atoms with Crippen molar-refractivity contribution in [2.75, 3.05) is 0 Å². The maximum atomic E-state index is 4.91. The van der Waals surface area contributed by atoms with Crippen molar-refractivity contribution >= 4 is 0 Å². The van der Waals surface area contributed by atoms with E-state index in [2.05, 4.69) is 53.4 Å². The molecule has 0 fully saturated rings. The molecule has 134 valence electrons. The number of hydrogen-bond donors (Lipinski definition) is 0. The van der Waals surface area contributed by atoms with Gasteiger partial charge in [0, 0.05) is 29.4 Å². The molecule has 0 spiro atoms. The van der Waals surface area contributed by atoms with Gasteiger partial charge in [-0.3, -0.25) is 4.98 Å². The van der Waals surface area contributed by atoms with Gasteiger partial charge in [0.15, 0.2) is 0 Å². The van der Waals surface area contributed by atoms with E-state index in [0.717, 1.165) is 29.7 Å². The largest absolute Gasteiger partial charge is 0.261 e. The molecule has 1 aliphatic carbocycles. The summed E-state index contributed by atoms with van der Waals surface area (Å²) >= 11 is 0. The molecule has 3 heteroatoms. The Kier molecular flexibility index (Phi) is 4.23. The van der Waals surface area contributed by atoms with E-state index in [0.29, 0.717) is 5.92 Å². The first-order chi connectivity index (χ1) is 13.9. The Morgan fingerprint density at radius 1 is 0.857 bits per heavy atom. The fourth-order valence-corrected chi connectivity index (χ4v) is 3.77. The van der Waals surface area contributed by atoms with Gasteiger partial charge in [0.1, 0.15) is 0 Å². The Bertz CT molecular complexity index is 1160. The zero-order chi connectivity index (χ0) is 18.8. The number of rotatable bonds is 2. The second kappa shape index (κ2) is 7.17. The summed E-state index contributed by atoms with van der Waals surface area (Å²) in [4.78, 5) is 4.37. The van der Waals surface area contributed by atoms with Crippen LogP contribution in [0.15, 0.2) is 85.3 Å². The van der Waals surface area contributed by atoms with Crippen LogP contribution in [-0.2, 0) is 6.42 Å². The van der Waals surface area contributed by atoms with Crippen molar-refractivity contribution < 1.29 is 0 Å². The molecule has 0 amide bonds. The molecule has 1 unspecified atom stereocenters. The van der Waals surface area contributed by atoms with Crippen molar-refractivity contribution in [3.8, 4) is 17.5 Å². The van der Waals surface area contributed by atoms with Crippen molar-refractivity contribution in [2.24, 2.45) is 0 Å². The van der Waals surface area contributed by atoms with Crippen LogP contribution in [-0.4, -0.2) is 14.8 Å². The van der Waals surface area contributed by atoms with E-state index in [1.807, 2.05) is 47.3 Å². The van der Waals surface area contributed by atoms with Gasteiger partial charge in [-0.2, -0.15) is 5.10 Å². The van der Waals surface area contributed by atoms with Crippen LogP contribution in [0.25, 0.3) is 5.69 Å². The van der Waals surface area contributed by atoms with E-state index < -0.39 is 0 Å². The summed E-state index contributed by atoms with van der Waals surface area (Å²) < 4.78 is 1.94. The molecular weight excluding hydrogens is 342 g/mol. The van der Waals surface area contributed by atoms with Crippen molar-refractivity contribution in [3.63, 3.8) is 0 Å². The lowest BCUT2D eigenvalue weighted by Gasteiger charge is -2.09. The highest BCUT2D eigenvalue weighted by Crippen LogP contribution is 2.37. The lowest BCUT2D eigenvalue weighted by Crippen LogP contribution is -2.02. The van der Waals surface area contributed by atoms with Crippen molar-refractivity contribution in [3.05, 3.63) is 113 Å². The average Bonchev–Trinajstić information content (AvgIpc) is 3.35. The molecule has 2 aromatic heterocycles. The predicted octanol–water partition coefficient (Wildman–Crippen LogP) is 4.75. The first-order valence-electron chi connectivity index (χ1n) is 9.53. The Morgan fingerprint density at radius 3 is 2.43 bits per heavy atom. The lowest BCUT2D eigenvalue weighted by atomic mass is 9.97. The zero-order valence-electron chi connectivity index (χ0n) is 15.4. The summed E-state index contributed by atoms with van der Waals surface area (Å²) in [5.74, 6) is 6.77. The van der Waals surface area contributed by atoms with Crippen molar-refractivity contribution in [1.29, 1.82) is 0 Å². The number of fused-ring (bicyclic) bond motifs is 1. The molecule has 1 aliphatic rings. The highest BCUT2D eigenvalue weighted by Gasteiger charge is 2.27. The SMILES string of the molecule is C(#Cc1cncc(-n2cc3c(n2)C(c2ccccc2)CC3)c1)c1ccccc1. The molecular formula is C25H19N3. The van der Waals surface area contributed by atoms with Crippen LogP contribution in [0.1, 0.15) is 40.3 Å². The molecule has 0 saturated carbocycles.